The van der Waals surface area contributed by atoms with Crippen molar-refractivity contribution >= 4 is 11.3 Å². The highest BCUT2D eigenvalue weighted by atomic mass is 32.1. The Morgan fingerprint density at radius 3 is 2.72 bits per heavy atom. The third kappa shape index (κ3) is 2.82. The number of aryl methyl sites for hydroxylation is 1. The molecule has 1 unspecified atom stereocenters. The van der Waals surface area contributed by atoms with Crippen molar-refractivity contribution in [1.29, 1.82) is 0 Å². The van der Waals surface area contributed by atoms with E-state index in [4.69, 9.17) is 5.73 Å². The Bertz CT molecular complexity index is 519. The molecule has 0 saturated carbocycles. The molecule has 2 N–H and O–H groups in total. The van der Waals surface area contributed by atoms with Gasteiger partial charge in [-0.1, -0.05) is 0 Å². The first-order chi connectivity index (χ1) is 8.38. The van der Waals surface area contributed by atoms with Crippen molar-refractivity contribution in [1.82, 2.24) is 9.55 Å². The smallest absolute Gasteiger partial charge is 0.0951 e. The van der Waals surface area contributed by atoms with Crippen molar-refractivity contribution in [3.8, 4) is 0 Å². The molecule has 1 atom stereocenters. The van der Waals surface area contributed by atoms with Crippen molar-refractivity contribution in [2.75, 3.05) is 0 Å². The number of hydrogen-bond acceptors (Lipinski definition) is 3. The lowest BCUT2D eigenvalue weighted by Gasteiger charge is -2.24. The van der Waals surface area contributed by atoms with Crippen LogP contribution < -0.4 is 5.73 Å². The minimum atomic E-state index is -0.351. The Morgan fingerprint density at radius 1 is 1.44 bits per heavy atom. The number of nitrogens with two attached hydrogens (primary N) is 1. The molecule has 0 fully saturated rings. The maximum atomic E-state index is 6.18. The predicted octanol–water partition coefficient (Wildman–Crippen LogP) is 3.25. The number of thiophene rings is 1. The van der Waals surface area contributed by atoms with E-state index >= 15 is 0 Å². The van der Waals surface area contributed by atoms with Crippen LogP contribution in [-0.4, -0.2) is 9.55 Å². The molecule has 0 radical (unpaired) electrons. The average molecular weight is 263 g/mol. The summed E-state index contributed by atoms with van der Waals surface area (Å²) in [5.41, 5.74) is 6.91. The van der Waals surface area contributed by atoms with E-state index in [1.807, 2.05) is 37.7 Å². The molecule has 0 aromatic carbocycles. The van der Waals surface area contributed by atoms with Gasteiger partial charge in [0.25, 0.3) is 0 Å². The topological polar surface area (TPSA) is 43.8 Å². The van der Waals surface area contributed by atoms with Crippen molar-refractivity contribution in [2.24, 2.45) is 5.73 Å². The molecule has 98 valence electrons. The Morgan fingerprint density at radius 2 is 2.17 bits per heavy atom. The number of nitrogens with zero attached hydrogens (tertiary/aromatic N) is 2. The zero-order chi connectivity index (χ0) is 13.3. The molecule has 2 aromatic rings. The zero-order valence-electron chi connectivity index (χ0n) is 11.5. The van der Waals surface area contributed by atoms with Crippen LogP contribution >= 0.6 is 11.3 Å². The molecule has 0 aliphatic rings. The van der Waals surface area contributed by atoms with Gasteiger partial charge in [-0.15, -0.1) is 11.3 Å². The van der Waals surface area contributed by atoms with E-state index in [9.17, 15) is 0 Å². The van der Waals surface area contributed by atoms with Gasteiger partial charge in [-0.3, -0.25) is 0 Å². The summed E-state index contributed by atoms with van der Waals surface area (Å²) >= 11 is 1.86. The van der Waals surface area contributed by atoms with E-state index in [0.29, 0.717) is 6.04 Å². The molecule has 2 rings (SSSR count). The summed E-state index contributed by atoms with van der Waals surface area (Å²) in [5.74, 6) is 0. The van der Waals surface area contributed by atoms with Crippen molar-refractivity contribution < 1.29 is 0 Å². The van der Waals surface area contributed by atoms with Gasteiger partial charge in [0.05, 0.1) is 17.6 Å². The maximum absolute atomic E-state index is 6.18. The molecule has 0 bridgehead atoms. The van der Waals surface area contributed by atoms with Gasteiger partial charge < -0.3 is 10.3 Å². The van der Waals surface area contributed by atoms with Crippen LogP contribution in [0.2, 0.25) is 0 Å². The van der Waals surface area contributed by atoms with Gasteiger partial charge in [0.2, 0.25) is 0 Å². The highest BCUT2D eigenvalue weighted by Crippen LogP contribution is 2.25. The largest absolute Gasteiger partial charge is 0.330 e. The van der Waals surface area contributed by atoms with Crippen LogP contribution in [0.25, 0.3) is 0 Å². The predicted molar refractivity (Wildman–Crippen MR) is 76.9 cm³/mol. The molecule has 2 heterocycles. The van der Waals surface area contributed by atoms with Crippen molar-refractivity contribution in [3.63, 3.8) is 0 Å². The van der Waals surface area contributed by atoms with Crippen LogP contribution in [0.5, 0.6) is 0 Å². The summed E-state index contributed by atoms with van der Waals surface area (Å²) in [7, 11) is 0. The highest BCUT2D eigenvalue weighted by Gasteiger charge is 2.21. The monoisotopic (exact) mass is 263 g/mol. The van der Waals surface area contributed by atoms with E-state index in [2.05, 4.69) is 35.5 Å². The molecule has 0 aliphatic heterocycles. The molecule has 2 aromatic heterocycles. The first kappa shape index (κ1) is 13.3. The van der Waals surface area contributed by atoms with E-state index in [0.717, 1.165) is 12.1 Å². The second-order valence-electron chi connectivity index (χ2n) is 5.47. The van der Waals surface area contributed by atoms with Gasteiger partial charge in [-0.25, -0.2) is 4.98 Å². The highest BCUT2D eigenvalue weighted by molar-refractivity contribution is 7.11. The number of aromatic nitrogens is 2. The molecule has 0 spiro atoms. The van der Waals surface area contributed by atoms with E-state index in [1.54, 1.807) is 0 Å². The first-order valence-electron chi connectivity index (χ1n) is 6.24. The number of hydrogen-bond donors (Lipinski definition) is 1. The Balaban J connectivity index is 2.19. The first-order valence-corrected chi connectivity index (χ1v) is 7.06. The molecule has 3 nitrogen and oxygen atoms in total. The quantitative estimate of drug-likeness (QED) is 0.920. The summed E-state index contributed by atoms with van der Waals surface area (Å²) in [4.78, 5) is 7.02. The SMILES string of the molecule is Cc1ccc(CC(C)n2cncc2C(C)(C)N)s1. The van der Waals surface area contributed by atoms with Crippen LogP contribution in [0.4, 0.5) is 0 Å². The fourth-order valence-corrected chi connectivity index (χ4v) is 3.15. The van der Waals surface area contributed by atoms with Gasteiger partial charge in [0, 0.05) is 28.4 Å². The zero-order valence-corrected chi connectivity index (χ0v) is 12.3. The second-order valence-corrected chi connectivity index (χ2v) is 6.85. The molecular formula is C14H21N3S. The van der Waals surface area contributed by atoms with Gasteiger partial charge in [0.1, 0.15) is 0 Å². The van der Waals surface area contributed by atoms with Crippen LogP contribution in [0.1, 0.15) is 42.3 Å². The fourth-order valence-electron chi connectivity index (χ4n) is 2.14. The second kappa shape index (κ2) is 4.86. The Kier molecular flexibility index (Phi) is 3.59. The molecular weight excluding hydrogens is 242 g/mol. The Labute approximate surface area is 113 Å². The lowest BCUT2D eigenvalue weighted by atomic mass is 10.0. The van der Waals surface area contributed by atoms with E-state index in [-0.39, 0.29) is 5.54 Å². The third-order valence-electron chi connectivity index (χ3n) is 3.09. The molecule has 4 heteroatoms. The summed E-state index contributed by atoms with van der Waals surface area (Å²) < 4.78 is 2.19. The van der Waals surface area contributed by atoms with Gasteiger partial charge in [0.15, 0.2) is 0 Å². The molecule has 18 heavy (non-hydrogen) atoms. The lowest BCUT2D eigenvalue weighted by molar-refractivity contribution is 0.449. The van der Waals surface area contributed by atoms with Crippen LogP contribution in [0.15, 0.2) is 24.7 Å². The Hall–Kier alpha value is -1.13. The summed E-state index contributed by atoms with van der Waals surface area (Å²) in [5, 5.41) is 0. The maximum Gasteiger partial charge on any atom is 0.0951 e. The third-order valence-corrected chi connectivity index (χ3v) is 4.12. The van der Waals surface area contributed by atoms with Crippen LogP contribution in [0.3, 0.4) is 0 Å². The minimum absolute atomic E-state index is 0.351. The summed E-state index contributed by atoms with van der Waals surface area (Å²) in [6.07, 6.45) is 4.78. The summed E-state index contributed by atoms with van der Waals surface area (Å²) in [6.45, 7) is 8.39. The normalized spacial score (nSPS) is 13.8. The fraction of sp³-hybridized carbons (Fsp3) is 0.500. The van der Waals surface area contributed by atoms with Crippen molar-refractivity contribution in [3.05, 3.63) is 40.1 Å². The lowest BCUT2D eigenvalue weighted by Crippen LogP contribution is -2.32. The van der Waals surface area contributed by atoms with E-state index < -0.39 is 0 Å². The van der Waals surface area contributed by atoms with Gasteiger partial charge in [-0.2, -0.15) is 0 Å². The van der Waals surface area contributed by atoms with Gasteiger partial charge in [-0.05, 0) is 39.8 Å². The molecule has 0 amide bonds. The van der Waals surface area contributed by atoms with Crippen LogP contribution in [-0.2, 0) is 12.0 Å². The number of rotatable bonds is 4. The molecule has 0 aliphatic carbocycles. The minimum Gasteiger partial charge on any atom is -0.330 e. The van der Waals surface area contributed by atoms with Gasteiger partial charge >= 0.3 is 0 Å². The standard InChI is InChI=1S/C14H21N3S/c1-10(7-12-6-5-11(2)18-12)17-9-16-8-13(17)14(3,4)15/h5-6,8-10H,7,15H2,1-4H3. The summed E-state index contributed by atoms with van der Waals surface area (Å²) in [6, 6.07) is 4.76. The van der Waals surface area contributed by atoms with Crippen LogP contribution in [0, 0.1) is 6.92 Å². The number of imidazole rings is 1. The average Bonchev–Trinajstić information content (AvgIpc) is 2.85. The van der Waals surface area contributed by atoms with E-state index in [1.165, 1.54) is 9.75 Å². The molecule has 0 saturated heterocycles. The van der Waals surface area contributed by atoms with Crippen molar-refractivity contribution in [2.45, 2.75) is 45.7 Å².